The summed E-state index contributed by atoms with van der Waals surface area (Å²) in [6.07, 6.45) is 13.6. The lowest BCUT2D eigenvalue weighted by Crippen LogP contribution is -2.61. The minimum Gasteiger partial charge on any atom is -0.390 e. The van der Waals surface area contributed by atoms with Crippen molar-refractivity contribution in [3.05, 3.63) is 0 Å². The first-order chi connectivity index (χ1) is 24.5. The second-order valence-corrected chi connectivity index (χ2v) is 21.6. The molecule has 9 rings (SSSR count). The van der Waals surface area contributed by atoms with Gasteiger partial charge >= 0.3 is 0 Å². The summed E-state index contributed by atoms with van der Waals surface area (Å²) >= 11 is 0. The molecule has 2 bridgehead atoms. The third kappa shape index (κ3) is 4.92. The Morgan fingerprint density at radius 3 is 2.37 bits per heavy atom. The third-order valence-corrected chi connectivity index (χ3v) is 19.1. The van der Waals surface area contributed by atoms with E-state index in [0.29, 0.717) is 53.2 Å². The van der Waals surface area contributed by atoms with Crippen molar-refractivity contribution in [2.75, 3.05) is 33.4 Å². The van der Waals surface area contributed by atoms with Crippen LogP contribution in [0.25, 0.3) is 0 Å². The molecule has 2 spiro atoms. The molecule has 0 aromatic carbocycles. The zero-order chi connectivity index (χ0) is 36.8. The first-order valence-electron chi connectivity index (χ1n) is 21.9. The van der Waals surface area contributed by atoms with Crippen molar-refractivity contribution in [3.8, 4) is 0 Å². The molecule has 5 saturated carbocycles. The average molecular weight is 727 g/mol. The van der Waals surface area contributed by atoms with Crippen LogP contribution < -0.4 is 0 Å². The maximum Gasteiger partial charge on any atom is 0.170 e. The van der Waals surface area contributed by atoms with Gasteiger partial charge in [-0.2, -0.15) is 0 Å². The lowest BCUT2D eigenvalue weighted by atomic mass is 9.41. The molecular weight excluding hydrogens is 652 g/mol. The summed E-state index contributed by atoms with van der Waals surface area (Å²) in [6, 6.07) is 2.14. The monoisotopic (exact) mass is 727 g/mol. The summed E-state index contributed by atoms with van der Waals surface area (Å²) in [4.78, 5) is 5.41. The van der Waals surface area contributed by atoms with Crippen molar-refractivity contribution in [2.24, 2.45) is 50.7 Å². The Morgan fingerprint density at radius 2 is 1.63 bits per heavy atom. The Hall–Kier alpha value is -0.320. The molecule has 0 radical (unpaired) electrons. The second-order valence-electron chi connectivity index (χ2n) is 21.6. The Labute approximate surface area is 315 Å². The smallest absolute Gasteiger partial charge is 0.170 e. The van der Waals surface area contributed by atoms with Gasteiger partial charge in [0.25, 0.3) is 0 Å². The zero-order valence-electron chi connectivity index (χ0n) is 34.2. The number of fused-ring (bicyclic) bond motifs is 6. The molecule has 4 aliphatic heterocycles. The first-order valence-corrected chi connectivity index (χ1v) is 21.9. The Bertz CT molecular complexity index is 1370. The van der Waals surface area contributed by atoms with E-state index >= 15 is 0 Å². The highest BCUT2D eigenvalue weighted by molar-refractivity contribution is 5.33. The molecule has 4 saturated heterocycles. The van der Waals surface area contributed by atoms with Gasteiger partial charge in [-0.1, -0.05) is 34.6 Å². The van der Waals surface area contributed by atoms with Crippen LogP contribution in [0.4, 0.5) is 0 Å². The van der Waals surface area contributed by atoms with Crippen molar-refractivity contribution in [1.82, 2.24) is 9.80 Å². The number of ether oxygens (including phenoxy) is 4. The maximum absolute atomic E-state index is 12.7. The number of hydrogen-bond acceptors (Lipinski definition) is 8. The fraction of sp³-hybridized carbons (Fsp3) is 1.00. The summed E-state index contributed by atoms with van der Waals surface area (Å²) in [5, 5.41) is 23.8. The van der Waals surface area contributed by atoms with Crippen molar-refractivity contribution >= 4 is 0 Å². The second kappa shape index (κ2) is 12.3. The van der Waals surface area contributed by atoms with Crippen LogP contribution in [-0.2, 0) is 18.9 Å². The number of rotatable bonds is 7. The van der Waals surface area contributed by atoms with Gasteiger partial charge in [-0.25, -0.2) is 0 Å². The van der Waals surface area contributed by atoms with Gasteiger partial charge in [0.1, 0.15) is 6.10 Å². The van der Waals surface area contributed by atoms with Crippen LogP contribution in [0.1, 0.15) is 132 Å². The summed E-state index contributed by atoms with van der Waals surface area (Å²) in [5.74, 6) is 1.86. The van der Waals surface area contributed by atoms with Gasteiger partial charge < -0.3 is 29.2 Å². The lowest BCUT2D eigenvalue weighted by Gasteiger charge is -2.64. The van der Waals surface area contributed by atoms with Gasteiger partial charge in [0.2, 0.25) is 0 Å². The topological polar surface area (TPSA) is 83.9 Å². The number of nitrogens with zero attached hydrogens (tertiary/aromatic N) is 2. The highest BCUT2D eigenvalue weighted by atomic mass is 16.7. The Balaban J connectivity index is 0.921. The van der Waals surface area contributed by atoms with E-state index in [1.54, 1.807) is 0 Å². The molecule has 2 N–H and O–H groups in total. The molecule has 9 aliphatic rings. The molecule has 6 unspecified atom stereocenters. The van der Waals surface area contributed by atoms with Crippen LogP contribution in [0, 0.1) is 50.7 Å². The molecule has 52 heavy (non-hydrogen) atoms. The van der Waals surface area contributed by atoms with E-state index in [2.05, 4.69) is 51.5 Å². The van der Waals surface area contributed by atoms with E-state index < -0.39 is 17.8 Å². The van der Waals surface area contributed by atoms with Gasteiger partial charge in [0, 0.05) is 43.2 Å². The summed E-state index contributed by atoms with van der Waals surface area (Å²) in [6.45, 7) is 21.4. The normalized spacial score (nSPS) is 54.8. The Morgan fingerprint density at radius 1 is 0.923 bits per heavy atom. The van der Waals surface area contributed by atoms with Crippen molar-refractivity contribution in [2.45, 2.75) is 193 Å². The highest BCUT2D eigenvalue weighted by Gasteiger charge is 2.84. The largest absolute Gasteiger partial charge is 0.390 e. The highest BCUT2D eigenvalue weighted by Crippen LogP contribution is 2.89. The van der Waals surface area contributed by atoms with Crippen LogP contribution in [0.3, 0.4) is 0 Å². The SMILES string of the molecule is CCO[C@@H](C1C[C@@H](C)[C@H]2C(O1)[C@H](O)[C@@]1(C)C3CC[C@H]4C(C)(C)[C@@H](O[C@H]5CN(C6CCC7CCC6N7C)CCO5)CC[C@@]45C[C@@]35CC[C@]21C)C(C)(C)O. The maximum atomic E-state index is 12.7. The van der Waals surface area contributed by atoms with Gasteiger partial charge in [0.05, 0.1) is 36.6 Å². The van der Waals surface area contributed by atoms with Crippen LogP contribution in [0.15, 0.2) is 0 Å². The predicted octanol–water partition coefficient (Wildman–Crippen LogP) is 6.64. The predicted molar refractivity (Wildman–Crippen MR) is 202 cm³/mol. The van der Waals surface area contributed by atoms with Gasteiger partial charge in [-0.05, 0) is 150 Å². The van der Waals surface area contributed by atoms with Crippen LogP contribution in [-0.4, -0.2) is 114 Å². The lowest BCUT2D eigenvalue weighted by molar-refractivity contribution is -0.252. The minimum atomic E-state index is -1.01. The fourth-order valence-electron chi connectivity index (χ4n) is 16.7. The number of aliphatic hydroxyl groups excluding tert-OH is 1. The molecule has 5 aliphatic carbocycles. The number of morpholine rings is 1. The van der Waals surface area contributed by atoms with Crippen LogP contribution >= 0.6 is 0 Å². The summed E-state index contributed by atoms with van der Waals surface area (Å²) < 4.78 is 26.7. The Kier molecular flexibility index (Phi) is 8.84. The van der Waals surface area contributed by atoms with Crippen LogP contribution in [0.2, 0.25) is 0 Å². The van der Waals surface area contributed by atoms with E-state index in [4.69, 9.17) is 18.9 Å². The molecule has 296 valence electrons. The molecule has 8 heteroatoms. The van der Waals surface area contributed by atoms with E-state index in [1.165, 1.54) is 64.2 Å². The number of likely N-dealkylation sites (N-methyl/N-ethyl adjacent to an activating group) is 1. The molecule has 8 nitrogen and oxygen atoms in total. The molecule has 0 aromatic rings. The molecular formula is C44H74N2O6. The van der Waals surface area contributed by atoms with Gasteiger partial charge in [-0.15, -0.1) is 0 Å². The molecule has 0 aromatic heterocycles. The number of aliphatic hydroxyl groups is 2. The quantitative estimate of drug-likeness (QED) is 0.302. The van der Waals surface area contributed by atoms with E-state index in [1.807, 2.05) is 20.8 Å². The summed E-state index contributed by atoms with van der Waals surface area (Å²) in [5.41, 5.74) is -0.423. The van der Waals surface area contributed by atoms with Crippen molar-refractivity contribution < 1.29 is 29.2 Å². The molecule has 4 heterocycles. The van der Waals surface area contributed by atoms with E-state index in [0.717, 1.165) is 38.6 Å². The molecule has 9 fully saturated rings. The van der Waals surface area contributed by atoms with Crippen molar-refractivity contribution in [1.29, 1.82) is 0 Å². The van der Waals surface area contributed by atoms with Crippen molar-refractivity contribution in [3.63, 3.8) is 0 Å². The van der Waals surface area contributed by atoms with Crippen LogP contribution in [0.5, 0.6) is 0 Å². The zero-order valence-corrected chi connectivity index (χ0v) is 34.2. The standard InChI is InChI=1S/C44H74N2O6/c1-10-49-38(40(5,6)48)30-23-26(2)35-36(51-30)37(47)42(8)32-16-15-31-39(3,4)33(17-18-43(31)25-44(32,43)20-19-41(35,42)7)52-34-24-46(21-22-50-34)29-14-12-27-11-13-28(29)45(27)9/h26-38,47-48H,10-25H2,1-9H3/t26-,27?,28?,29?,30?,31+,32?,33+,34+,35+,36?,37+,38+,41-,42-,43-,44+/m1/s1. The third-order valence-electron chi connectivity index (χ3n) is 19.1. The fourth-order valence-corrected chi connectivity index (χ4v) is 16.7. The molecule has 17 atom stereocenters. The van der Waals surface area contributed by atoms with Gasteiger partial charge in [0.15, 0.2) is 6.29 Å². The average Bonchev–Trinajstić information content (AvgIpc) is 3.66. The minimum absolute atomic E-state index is 0.0242. The van der Waals surface area contributed by atoms with E-state index in [9.17, 15) is 10.2 Å². The van der Waals surface area contributed by atoms with Gasteiger partial charge in [-0.3, -0.25) is 9.80 Å². The molecule has 0 amide bonds. The summed E-state index contributed by atoms with van der Waals surface area (Å²) in [7, 11) is 2.36. The van der Waals surface area contributed by atoms with E-state index in [-0.39, 0.29) is 40.8 Å². The number of piperidine rings is 1. The number of hydrogen-bond donors (Lipinski definition) is 2. The first kappa shape index (κ1) is 37.3.